The van der Waals surface area contributed by atoms with Gasteiger partial charge in [-0.2, -0.15) is 0 Å². The Morgan fingerprint density at radius 1 is 1.09 bits per heavy atom. The van der Waals surface area contributed by atoms with Crippen LogP contribution in [0.2, 0.25) is 0 Å². The van der Waals surface area contributed by atoms with Crippen molar-refractivity contribution >= 4 is 40.9 Å². The fraction of sp³-hybridized carbons (Fsp3) is 0.0588. The normalized spacial score (nSPS) is 12.2. The van der Waals surface area contributed by atoms with E-state index in [1.807, 2.05) is 37.3 Å². The van der Waals surface area contributed by atoms with E-state index < -0.39 is 9.84 Å². The van der Waals surface area contributed by atoms with Crippen LogP contribution in [-0.4, -0.2) is 23.4 Å². The predicted molar refractivity (Wildman–Crippen MR) is 93.3 cm³/mol. The molecule has 2 aromatic rings. The molecule has 0 spiro atoms. The van der Waals surface area contributed by atoms with Gasteiger partial charge in [-0.15, -0.1) is 0 Å². The second kappa shape index (κ2) is 7.30. The number of aryl methyl sites for hydroxylation is 1. The third-order valence-corrected chi connectivity index (χ3v) is 7.86. The van der Waals surface area contributed by atoms with Gasteiger partial charge in [0.25, 0.3) is 0 Å². The summed E-state index contributed by atoms with van der Waals surface area (Å²) < 4.78 is 26.9. The van der Waals surface area contributed by atoms with Gasteiger partial charge in [0.1, 0.15) is 0 Å². The van der Waals surface area contributed by atoms with Crippen LogP contribution >= 0.6 is 11.6 Å². The molecule has 0 aliphatic heterocycles. The molecule has 0 unspecified atom stereocenters. The predicted octanol–water partition coefficient (Wildman–Crippen LogP) is 3.39. The summed E-state index contributed by atoms with van der Waals surface area (Å²) in [6.07, 6.45) is 0. The molecule has 0 atom stereocenters. The Morgan fingerprint density at radius 2 is 1.68 bits per heavy atom. The molecular weight excluding hydrogens is 383 g/mol. The van der Waals surface area contributed by atoms with E-state index in [4.69, 9.17) is 11.6 Å². The minimum absolute atomic E-state index is 0.0650. The second-order valence-corrected chi connectivity index (χ2v) is 9.16. The summed E-state index contributed by atoms with van der Waals surface area (Å²) >= 11 is 5.65. The number of allylic oxidation sites excluding steroid dienone is 1. The first-order valence-electron chi connectivity index (χ1n) is 6.49. The molecule has 2 rings (SSSR count). The summed E-state index contributed by atoms with van der Waals surface area (Å²) in [5, 5.41) is 0. The summed E-state index contributed by atoms with van der Waals surface area (Å²) in [6.45, 7) is 5.68. The number of hydrogen-bond acceptors (Lipinski definition) is 2. The molecule has 0 aliphatic carbocycles. The Labute approximate surface area is 142 Å². The topological polar surface area (TPSA) is 34.1 Å². The van der Waals surface area contributed by atoms with E-state index in [0.717, 1.165) is 10.0 Å². The van der Waals surface area contributed by atoms with Crippen molar-refractivity contribution < 1.29 is 8.42 Å². The standard InChI is InChI=1S/C17H15ClO2SSe/c1-13-8-10-15(11-9-13)21(19,20)14(2)17(12-18)22-16-6-4-3-5-7-16/h3-12H,2H2,1H3/b17-12-. The van der Waals surface area contributed by atoms with Crippen LogP contribution in [0.5, 0.6) is 0 Å². The van der Waals surface area contributed by atoms with Crippen LogP contribution in [0, 0.1) is 6.92 Å². The van der Waals surface area contributed by atoms with Crippen molar-refractivity contribution in [1.29, 1.82) is 0 Å². The van der Waals surface area contributed by atoms with Gasteiger partial charge in [-0.1, -0.05) is 0 Å². The molecule has 0 aromatic heterocycles. The zero-order valence-corrected chi connectivity index (χ0v) is 15.3. The summed E-state index contributed by atoms with van der Waals surface area (Å²) in [5.74, 6) is 0. The molecule has 0 N–H and O–H groups in total. The van der Waals surface area contributed by atoms with Crippen molar-refractivity contribution in [3.8, 4) is 0 Å². The third kappa shape index (κ3) is 3.90. The van der Waals surface area contributed by atoms with E-state index in [2.05, 4.69) is 6.58 Å². The van der Waals surface area contributed by atoms with Crippen molar-refractivity contribution in [3.05, 3.63) is 81.7 Å². The zero-order chi connectivity index (χ0) is 16.2. The molecule has 0 fully saturated rings. The van der Waals surface area contributed by atoms with Gasteiger partial charge in [-0.25, -0.2) is 0 Å². The average Bonchev–Trinajstić information content (AvgIpc) is 2.53. The first-order valence-corrected chi connectivity index (χ1v) is 10.1. The molecule has 0 heterocycles. The second-order valence-electron chi connectivity index (χ2n) is 4.63. The maximum atomic E-state index is 12.6. The molecule has 0 amide bonds. The monoisotopic (exact) mass is 398 g/mol. The van der Waals surface area contributed by atoms with Gasteiger partial charge in [-0.3, -0.25) is 0 Å². The molecule has 22 heavy (non-hydrogen) atoms. The van der Waals surface area contributed by atoms with Crippen LogP contribution in [-0.2, 0) is 9.84 Å². The number of sulfone groups is 1. The molecular formula is C17H15ClO2SSe. The molecule has 114 valence electrons. The average molecular weight is 398 g/mol. The van der Waals surface area contributed by atoms with Gasteiger partial charge in [0.2, 0.25) is 0 Å². The van der Waals surface area contributed by atoms with E-state index in [9.17, 15) is 8.42 Å². The van der Waals surface area contributed by atoms with E-state index in [-0.39, 0.29) is 24.8 Å². The van der Waals surface area contributed by atoms with Crippen LogP contribution in [0.4, 0.5) is 0 Å². The maximum absolute atomic E-state index is 12.6. The van der Waals surface area contributed by atoms with Crippen LogP contribution in [0.1, 0.15) is 5.56 Å². The molecule has 0 saturated carbocycles. The summed E-state index contributed by atoms with van der Waals surface area (Å²) in [7, 11) is -3.62. The third-order valence-electron chi connectivity index (χ3n) is 3.00. The number of halogens is 1. The Morgan fingerprint density at radius 3 is 2.23 bits per heavy atom. The Hall–Kier alpha value is -1.32. The Balaban J connectivity index is 2.30. The Bertz CT molecular complexity index is 794. The van der Waals surface area contributed by atoms with E-state index in [1.165, 1.54) is 5.54 Å². The first kappa shape index (κ1) is 17.0. The van der Waals surface area contributed by atoms with Crippen molar-refractivity contribution in [1.82, 2.24) is 0 Å². The van der Waals surface area contributed by atoms with Crippen molar-refractivity contribution in [2.24, 2.45) is 0 Å². The van der Waals surface area contributed by atoms with Gasteiger partial charge in [0.15, 0.2) is 0 Å². The van der Waals surface area contributed by atoms with E-state index in [0.29, 0.717) is 4.47 Å². The van der Waals surface area contributed by atoms with Crippen molar-refractivity contribution in [2.45, 2.75) is 11.8 Å². The molecule has 0 aliphatic rings. The van der Waals surface area contributed by atoms with Crippen LogP contribution in [0.3, 0.4) is 0 Å². The fourth-order valence-electron chi connectivity index (χ4n) is 1.75. The quantitative estimate of drug-likeness (QED) is 0.572. The van der Waals surface area contributed by atoms with E-state index >= 15 is 0 Å². The number of hydrogen-bond donors (Lipinski definition) is 0. The van der Waals surface area contributed by atoms with Crippen molar-refractivity contribution in [2.75, 3.05) is 0 Å². The molecule has 0 saturated heterocycles. The molecule has 0 radical (unpaired) electrons. The van der Waals surface area contributed by atoms with E-state index in [1.54, 1.807) is 24.3 Å². The molecule has 5 heteroatoms. The van der Waals surface area contributed by atoms with Gasteiger partial charge in [-0.05, 0) is 0 Å². The van der Waals surface area contributed by atoms with Crippen molar-refractivity contribution in [3.63, 3.8) is 0 Å². The minimum atomic E-state index is -3.62. The fourth-order valence-corrected chi connectivity index (χ4v) is 5.67. The van der Waals surface area contributed by atoms with Gasteiger partial charge >= 0.3 is 143 Å². The SMILES string of the molecule is C=C(/C(=C/Cl)[Se]c1ccccc1)S(=O)(=O)c1ccc(C)cc1. The first-order chi connectivity index (χ1) is 10.4. The van der Waals surface area contributed by atoms with Gasteiger partial charge in [0, 0.05) is 0 Å². The number of rotatable bonds is 5. The van der Waals surface area contributed by atoms with Gasteiger partial charge < -0.3 is 0 Å². The van der Waals surface area contributed by atoms with Crippen LogP contribution in [0.15, 0.2) is 81.0 Å². The van der Waals surface area contributed by atoms with Crippen LogP contribution < -0.4 is 4.46 Å². The Kier molecular flexibility index (Phi) is 5.65. The summed E-state index contributed by atoms with van der Waals surface area (Å²) in [4.78, 5) is 0.304. The van der Waals surface area contributed by atoms with Gasteiger partial charge in [0.05, 0.1) is 0 Å². The van der Waals surface area contributed by atoms with Crippen LogP contribution in [0.25, 0.3) is 0 Å². The molecule has 2 nitrogen and oxygen atoms in total. The summed E-state index contributed by atoms with van der Waals surface area (Å²) in [5.41, 5.74) is 2.33. The number of benzene rings is 2. The zero-order valence-electron chi connectivity index (χ0n) is 12.0. The molecule has 2 aromatic carbocycles. The molecule has 0 bridgehead atoms. The summed E-state index contributed by atoms with van der Waals surface area (Å²) in [6, 6.07) is 16.4.